The lowest BCUT2D eigenvalue weighted by molar-refractivity contribution is 0.0697. The lowest BCUT2D eigenvalue weighted by Gasteiger charge is -2.10. The summed E-state index contributed by atoms with van der Waals surface area (Å²) in [5.74, 6) is -0.626. The van der Waals surface area contributed by atoms with Crippen molar-refractivity contribution in [1.82, 2.24) is 0 Å². The van der Waals surface area contributed by atoms with E-state index in [-0.39, 0.29) is 16.7 Å². The van der Waals surface area contributed by atoms with Crippen molar-refractivity contribution < 1.29 is 19.4 Å². The fourth-order valence-corrected chi connectivity index (χ4v) is 3.52. The first-order chi connectivity index (χ1) is 12.5. The second-order valence-electron chi connectivity index (χ2n) is 5.68. The van der Waals surface area contributed by atoms with E-state index in [2.05, 4.69) is 0 Å². The Morgan fingerprint density at radius 2 is 1.81 bits per heavy atom. The number of carbonyl (C=O) groups is 1. The number of rotatable bonds is 3. The summed E-state index contributed by atoms with van der Waals surface area (Å²) < 4.78 is 5.97. The number of aromatic carboxylic acids is 1. The number of hydrogen-bond acceptors (Lipinski definition) is 5. The first-order valence-corrected chi connectivity index (χ1v) is 8.60. The normalized spacial score (nSPS) is 10.9. The van der Waals surface area contributed by atoms with E-state index in [1.165, 1.54) is 41.7 Å². The van der Waals surface area contributed by atoms with Gasteiger partial charge in [-0.2, -0.15) is 0 Å². The highest BCUT2D eigenvalue weighted by molar-refractivity contribution is 7.13. The maximum atomic E-state index is 13.1. The zero-order valence-corrected chi connectivity index (χ0v) is 14.1. The second kappa shape index (κ2) is 6.16. The molecule has 4 aromatic rings. The Bertz CT molecular complexity index is 1170. The average Bonchev–Trinajstić information content (AvgIpc) is 3.16. The summed E-state index contributed by atoms with van der Waals surface area (Å²) in [7, 11) is 0. The number of benzene rings is 2. The van der Waals surface area contributed by atoms with Gasteiger partial charge in [-0.05, 0) is 41.3 Å². The lowest BCUT2D eigenvalue weighted by Crippen LogP contribution is -2.07. The van der Waals surface area contributed by atoms with Crippen LogP contribution in [0.5, 0.6) is 5.75 Å². The van der Waals surface area contributed by atoms with Crippen LogP contribution in [0.1, 0.15) is 10.4 Å². The standard InChI is InChI=1S/C20H12O5S/c21-13-7-8-14-15(10-13)25-19(16-2-1-9-26-16)17(18(14)22)11-3-5-12(6-4-11)20(23)24/h1-10,21H,(H,23,24). The predicted octanol–water partition coefficient (Wildman–Crippen LogP) is 4.59. The Kier molecular flexibility index (Phi) is 3.82. The first-order valence-electron chi connectivity index (χ1n) is 7.72. The van der Waals surface area contributed by atoms with Crippen LogP contribution in [0.2, 0.25) is 0 Å². The average molecular weight is 364 g/mol. The molecule has 0 spiro atoms. The lowest BCUT2D eigenvalue weighted by atomic mass is 10.00. The molecule has 0 amide bonds. The number of carboxylic acid groups (broad SMARTS) is 1. The van der Waals surface area contributed by atoms with E-state index >= 15 is 0 Å². The van der Waals surface area contributed by atoms with Crippen molar-refractivity contribution in [2.24, 2.45) is 0 Å². The van der Waals surface area contributed by atoms with Crippen molar-refractivity contribution in [3.63, 3.8) is 0 Å². The Hall–Kier alpha value is -3.38. The van der Waals surface area contributed by atoms with Crippen LogP contribution in [-0.4, -0.2) is 16.2 Å². The first kappa shape index (κ1) is 16.1. The molecule has 0 fully saturated rings. The summed E-state index contributed by atoms with van der Waals surface area (Å²) >= 11 is 1.43. The summed E-state index contributed by atoms with van der Waals surface area (Å²) in [6, 6.07) is 14.2. The van der Waals surface area contributed by atoms with Gasteiger partial charge < -0.3 is 14.6 Å². The fourth-order valence-electron chi connectivity index (χ4n) is 2.80. The Labute approximate surface area is 151 Å². The smallest absolute Gasteiger partial charge is 0.335 e. The molecule has 2 aromatic heterocycles. The summed E-state index contributed by atoms with van der Waals surface area (Å²) in [6.07, 6.45) is 0. The molecule has 0 radical (unpaired) electrons. The number of thiophene rings is 1. The Morgan fingerprint density at radius 3 is 2.46 bits per heavy atom. The van der Waals surface area contributed by atoms with Gasteiger partial charge in [-0.3, -0.25) is 4.79 Å². The SMILES string of the molecule is O=C(O)c1ccc(-c2c(-c3cccs3)oc3cc(O)ccc3c2=O)cc1. The minimum absolute atomic E-state index is 0.0105. The molecule has 2 heterocycles. The van der Waals surface area contributed by atoms with E-state index in [0.29, 0.717) is 27.9 Å². The molecule has 0 bridgehead atoms. The molecule has 2 N–H and O–H groups in total. The van der Waals surface area contributed by atoms with Gasteiger partial charge in [0.1, 0.15) is 11.3 Å². The number of carboxylic acids is 1. The Morgan fingerprint density at radius 1 is 1.04 bits per heavy atom. The number of hydrogen-bond donors (Lipinski definition) is 2. The highest BCUT2D eigenvalue weighted by Crippen LogP contribution is 2.35. The van der Waals surface area contributed by atoms with E-state index in [9.17, 15) is 14.7 Å². The number of aromatic hydroxyl groups is 1. The summed E-state index contributed by atoms with van der Waals surface area (Å²) in [6.45, 7) is 0. The van der Waals surface area contributed by atoms with Gasteiger partial charge in [0, 0.05) is 6.07 Å². The molecule has 0 saturated heterocycles. The molecule has 6 heteroatoms. The van der Waals surface area contributed by atoms with Gasteiger partial charge in [-0.1, -0.05) is 18.2 Å². The van der Waals surface area contributed by atoms with Crippen molar-refractivity contribution in [2.45, 2.75) is 0 Å². The molecular formula is C20H12O5S. The minimum atomic E-state index is -1.03. The zero-order chi connectivity index (χ0) is 18.3. The van der Waals surface area contributed by atoms with Crippen LogP contribution in [0, 0.1) is 0 Å². The van der Waals surface area contributed by atoms with Gasteiger partial charge in [-0.15, -0.1) is 11.3 Å². The highest BCUT2D eigenvalue weighted by atomic mass is 32.1. The largest absolute Gasteiger partial charge is 0.508 e. The highest BCUT2D eigenvalue weighted by Gasteiger charge is 2.19. The molecule has 2 aromatic carbocycles. The van der Waals surface area contributed by atoms with Crippen LogP contribution in [-0.2, 0) is 0 Å². The van der Waals surface area contributed by atoms with Crippen LogP contribution < -0.4 is 5.43 Å². The van der Waals surface area contributed by atoms with Crippen molar-refractivity contribution in [2.75, 3.05) is 0 Å². The summed E-state index contributed by atoms with van der Waals surface area (Å²) in [4.78, 5) is 25.0. The van der Waals surface area contributed by atoms with Crippen LogP contribution in [0.4, 0.5) is 0 Å². The molecule has 0 atom stereocenters. The molecule has 0 aliphatic carbocycles. The third kappa shape index (κ3) is 2.66. The molecule has 5 nitrogen and oxygen atoms in total. The van der Waals surface area contributed by atoms with Crippen molar-refractivity contribution >= 4 is 28.3 Å². The van der Waals surface area contributed by atoms with E-state index in [1.54, 1.807) is 12.1 Å². The van der Waals surface area contributed by atoms with Gasteiger partial charge in [0.05, 0.1) is 21.4 Å². The molecule has 0 saturated carbocycles. The van der Waals surface area contributed by atoms with Gasteiger partial charge in [0.25, 0.3) is 0 Å². The van der Waals surface area contributed by atoms with Gasteiger partial charge in [0.15, 0.2) is 5.76 Å². The fraction of sp³-hybridized carbons (Fsp3) is 0. The molecule has 0 unspecified atom stereocenters. The second-order valence-corrected chi connectivity index (χ2v) is 6.62. The van der Waals surface area contributed by atoms with Gasteiger partial charge >= 0.3 is 5.97 Å². The summed E-state index contributed by atoms with van der Waals surface area (Å²) in [5, 5.41) is 21.0. The van der Waals surface area contributed by atoms with E-state index < -0.39 is 5.97 Å². The van der Waals surface area contributed by atoms with Crippen LogP contribution >= 0.6 is 11.3 Å². The van der Waals surface area contributed by atoms with Crippen LogP contribution in [0.25, 0.3) is 32.7 Å². The number of phenolic OH excluding ortho intramolecular Hbond substituents is 1. The molecular weight excluding hydrogens is 352 g/mol. The van der Waals surface area contributed by atoms with Gasteiger partial charge in [0.2, 0.25) is 5.43 Å². The molecule has 26 heavy (non-hydrogen) atoms. The van der Waals surface area contributed by atoms with E-state index in [4.69, 9.17) is 9.52 Å². The molecule has 4 rings (SSSR count). The monoisotopic (exact) mass is 364 g/mol. The van der Waals surface area contributed by atoms with Crippen molar-refractivity contribution in [1.29, 1.82) is 0 Å². The molecule has 128 valence electrons. The topological polar surface area (TPSA) is 87.7 Å². The predicted molar refractivity (Wildman–Crippen MR) is 99.9 cm³/mol. The Balaban J connectivity index is 2.04. The number of phenols is 1. The zero-order valence-electron chi connectivity index (χ0n) is 13.3. The number of fused-ring (bicyclic) bond motifs is 1. The van der Waals surface area contributed by atoms with Crippen LogP contribution in [0.15, 0.2) is 69.2 Å². The maximum Gasteiger partial charge on any atom is 0.335 e. The quantitative estimate of drug-likeness (QED) is 0.555. The summed E-state index contributed by atoms with van der Waals surface area (Å²) in [5.41, 5.74) is 1.13. The van der Waals surface area contributed by atoms with E-state index in [0.717, 1.165) is 4.88 Å². The maximum absolute atomic E-state index is 13.1. The minimum Gasteiger partial charge on any atom is -0.508 e. The van der Waals surface area contributed by atoms with Crippen molar-refractivity contribution in [3.8, 4) is 27.5 Å². The third-order valence-corrected chi connectivity index (χ3v) is 4.91. The van der Waals surface area contributed by atoms with E-state index in [1.807, 2.05) is 17.5 Å². The third-order valence-electron chi connectivity index (χ3n) is 4.04. The van der Waals surface area contributed by atoms with Crippen LogP contribution in [0.3, 0.4) is 0 Å². The van der Waals surface area contributed by atoms with Crippen molar-refractivity contribution in [3.05, 3.63) is 75.8 Å². The molecule has 0 aliphatic rings. The van der Waals surface area contributed by atoms with Gasteiger partial charge in [-0.25, -0.2) is 4.79 Å². The molecule has 0 aliphatic heterocycles.